The van der Waals surface area contributed by atoms with Gasteiger partial charge in [-0.3, -0.25) is 4.57 Å². The van der Waals surface area contributed by atoms with Crippen molar-refractivity contribution < 1.29 is 9.90 Å². The molecule has 0 radical (unpaired) electrons. The lowest BCUT2D eigenvalue weighted by atomic mass is 10.2. The maximum atomic E-state index is 11.0. The van der Waals surface area contributed by atoms with E-state index < -0.39 is 5.97 Å². The molecule has 5 heteroatoms. The normalized spacial score (nSPS) is 10.9. The highest BCUT2D eigenvalue weighted by molar-refractivity contribution is 6.32. The van der Waals surface area contributed by atoms with Gasteiger partial charge in [0.2, 0.25) is 0 Å². The third kappa shape index (κ3) is 2.04. The average molecular weight is 287 g/mol. The fraction of sp³-hybridized carbons (Fsp3) is 0.0667. The van der Waals surface area contributed by atoms with E-state index in [0.717, 1.165) is 16.8 Å². The molecule has 1 aromatic heterocycles. The Morgan fingerprint density at radius 2 is 2.05 bits per heavy atom. The van der Waals surface area contributed by atoms with Crippen molar-refractivity contribution in [2.24, 2.45) is 0 Å². The maximum Gasteiger partial charge on any atom is 0.335 e. The van der Waals surface area contributed by atoms with Crippen molar-refractivity contribution in [3.05, 3.63) is 58.9 Å². The van der Waals surface area contributed by atoms with Crippen molar-refractivity contribution in [2.45, 2.75) is 6.92 Å². The average Bonchev–Trinajstić information content (AvgIpc) is 2.81. The summed E-state index contributed by atoms with van der Waals surface area (Å²) in [4.78, 5) is 15.2. The molecule has 0 aliphatic carbocycles. The summed E-state index contributed by atoms with van der Waals surface area (Å²) in [5.41, 5.74) is 3.57. The standard InChI is InChI=1S/C15H11ClN2O2/c1-9-2-4-13(11(16)6-9)18-8-17-12-7-10(15(19)20)3-5-14(12)18/h2-8H,1H3,(H,19,20). The Morgan fingerprint density at radius 1 is 1.25 bits per heavy atom. The van der Waals surface area contributed by atoms with Crippen LogP contribution in [0.25, 0.3) is 16.7 Å². The minimum absolute atomic E-state index is 0.220. The van der Waals surface area contributed by atoms with E-state index in [9.17, 15) is 4.79 Å². The lowest BCUT2D eigenvalue weighted by Gasteiger charge is -2.07. The molecule has 0 unspecified atom stereocenters. The Hall–Kier alpha value is -2.33. The summed E-state index contributed by atoms with van der Waals surface area (Å²) >= 11 is 6.26. The van der Waals surface area contributed by atoms with Crippen LogP contribution >= 0.6 is 11.6 Å². The molecule has 0 bridgehead atoms. The van der Waals surface area contributed by atoms with Crippen LogP contribution in [0.3, 0.4) is 0 Å². The van der Waals surface area contributed by atoms with Gasteiger partial charge in [0.15, 0.2) is 0 Å². The second kappa shape index (κ2) is 4.65. The number of nitrogens with zero attached hydrogens (tertiary/aromatic N) is 2. The predicted molar refractivity (Wildman–Crippen MR) is 77.8 cm³/mol. The monoisotopic (exact) mass is 286 g/mol. The zero-order valence-electron chi connectivity index (χ0n) is 10.7. The lowest BCUT2D eigenvalue weighted by molar-refractivity contribution is 0.0697. The molecular formula is C15H11ClN2O2. The predicted octanol–water partition coefficient (Wildman–Crippen LogP) is 3.69. The zero-order chi connectivity index (χ0) is 14.3. The molecule has 100 valence electrons. The summed E-state index contributed by atoms with van der Waals surface area (Å²) in [7, 11) is 0. The molecule has 4 nitrogen and oxygen atoms in total. The highest BCUT2D eigenvalue weighted by Crippen LogP contribution is 2.26. The molecule has 3 aromatic rings. The Labute approximate surface area is 120 Å². The number of halogens is 1. The summed E-state index contributed by atoms with van der Waals surface area (Å²) in [5, 5.41) is 9.62. The molecule has 0 aliphatic rings. The number of carbonyl (C=O) groups is 1. The number of aromatic nitrogens is 2. The quantitative estimate of drug-likeness (QED) is 0.782. The van der Waals surface area contributed by atoms with E-state index >= 15 is 0 Å². The van der Waals surface area contributed by atoms with E-state index in [2.05, 4.69) is 4.98 Å². The van der Waals surface area contributed by atoms with Gasteiger partial charge in [-0.1, -0.05) is 17.7 Å². The highest BCUT2D eigenvalue weighted by Gasteiger charge is 2.10. The van der Waals surface area contributed by atoms with Crippen LogP contribution in [0.4, 0.5) is 0 Å². The number of carboxylic acids is 1. The second-order valence-corrected chi connectivity index (χ2v) is 4.99. The van der Waals surface area contributed by atoms with Gasteiger partial charge in [0.1, 0.15) is 6.33 Å². The molecule has 0 fully saturated rings. The number of imidazole rings is 1. The number of hydrogen-bond acceptors (Lipinski definition) is 2. The number of carboxylic acid groups (broad SMARTS) is 1. The van der Waals surface area contributed by atoms with E-state index in [-0.39, 0.29) is 5.56 Å². The third-order valence-corrected chi connectivity index (χ3v) is 3.46. The fourth-order valence-corrected chi connectivity index (χ4v) is 2.47. The van der Waals surface area contributed by atoms with Gasteiger partial charge in [0.05, 0.1) is 27.3 Å². The molecule has 2 aromatic carbocycles. The van der Waals surface area contributed by atoms with Crippen LogP contribution in [-0.2, 0) is 0 Å². The summed E-state index contributed by atoms with van der Waals surface area (Å²) in [6.07, 6.45) is 1.65. The minimum Gasteiger partial charge on any atom is -0.478 e. The molecule has 20 heavy (non-hydrogen) atoms. The van der Waals surface area contributed by atoms with Gasteiger partial charge in [-0.15, -0.1) is 0 Å². The largest absolute Gasteiger partial charge is 0.478 e. The first-order valence-corrected chi connectivity index (χ1v) is 6.41. The van der Waals surface area contributed by atoms with Crippen LogP contribution in [-0.4, -0.2) is 20.6 Å². The van der Waals surface area contributed by atoms with Crippen molar-refractivity contribution in [3.8, 4) is 5.69 Å². The Bertz CT molecular complexity index is 824. The van der Waals surface area contributed by atoms with Gasteiger partial charge in [-0.25, -0.2) is 9.78 Å². The van der Waals surface area contributed by atoms with Crippen LogP contribution in [0.2, 0.25) is 5.02 Å². The van der Waals surface area contributed by atoms with Crippen molar-refractivity contribution in [1.29, 1.82) is 0 Å². The number of rotatable bonds is 2. The molecule has 0 spiro atoms. The molecule has 1 heterocycles. The smallest absolute Gasteiger partial charge is 0.335 e. The number of fused-ring (bicyclic) bond motifs is 1. The maximum absolute atomic E-state index is 11.0. The van der Waals surface area contributed by atoms with Crippen molar-refractivity contribution in [1.82, 2.24) is 9.55 Å². The van der Waals surface area contributed by atoms with Gasteiger partial charge < -0.3 is 5.11 Å². The van der Waals surface area contributed by atoms with Crippen molar-refractivity contribution in [3.63, 3.8) is 0 Å². The lowest BCUT2D eigenvalue weighted by Crippen LogP contribution is -1.97. The minimum atomic E-state index is -0.963. The zero-order valence-corrected chi connectivity index (χ0v) is 11.4. The molecule has 0 aliphatic heterocycles. The molecule has 0 saturated carbocycles. The SMILES string of the molecule is Cc1ccc(-n2cnc3cc(C(=O)O)ccc32)c(Cl)c1. The Balaban J connectivity index is 2.20. The number of benzene rings is 2. The van der Waals surface area contributed by atoms with Crippen LogP contribution in [0, 0.1) is 6.92 Å². The molecule has 3 rings (SSSR count). The van der Waals surface area contributed by atoms with E-state index in [1.165, 1.54) is 0 Å². The van der Waals surface area contributed by atoms with Gasteiger partial charge in [-0.2, -0.15) is 0 Å². The number of aryl methyl sites for hydroxylation is 1. The van der Waals surface area contributed by atoms with Gasteiger partial charge in [-0.05, 0) is 42.8 Å². The van der Waals surface area contributed by atoms with Crippen LogP contribution in [0.1, 0.15) is 15.9 Å². The first-order chi connectivity index (χ1) is 9.56. The fourth-order valence-electron chi connectivity index (χ4n) is 2.14. The van der Waals surface area contributed by atoms with Gasteiger partial charge in [0, 0.05) is 0 Å². The van der Waals surface area contributed by atoms with Crippen LogP contribution in [0.5, 0.6) is 0 Å². The Morgan fingerprint density at radius 3 is 2.75 bits per heavy atom. The molecule has 0 saturated heterocycles. The Kier molecular flexibility index (Phi) is 2.95. The van der Waals surface area contributed by atoms with Gasteiger partial charge in [0.25, 0.3) is 0 Å². The van der Waals surface area contributed by atoms with Crippen molar-refractivity contribution in [2.75, 3.05) is 0 Å². The molecular weight excluding hydrogens is 276 g/mol. The van der Waals surface area contributed by atoms with Gasteiger partial charge >= 0.3 is 5.97 Å². The summed E-state index contributed by atoms with van der Waals surface area (Å²) < 4.78 is 1.85. The van der Waals surface area contributed by atoms with Crippen LogP contribution < -0.4 is 0 Å². The molecule has 0 amide bonds. The topological polar surface area (TPSA) is 55.1 Å². The van der Waals surface area contributed by atoms with E-state index in [4.69, 9.17) is 16.7 Å². The number of aromatic carboxylic acids is 1. The first kappa shape index (κ1) is 12.7. The molecule has 0 atom stereocenters. The third-order valence-electron chi connectivity index (χ3n) is 3.16. The number of hydrogen-bond donors (Lipinski definition) is 1. The first-order valence-electron chi connectivity index (χ1n) is 6.03. The molecule has 1 N–H and O–H groups in total. The summed E-state index contributed by atoms with van der Waals surface area (Å²) in [5.74, 6) is -0.963. The highest BCUT2D eigenvalue weighted by atomic mass is 35.5. The summed E-state index contributed by atoms with van der Waals surface area (Å²) in [6.45, 7) is 1.97. The second-order valence-electron chi connectivity index (χ2n) is 4.58. The van der Waals surface area contributed by atoms with Crippen molar-refractivity contribution >= 4 is 28.6 Å². The summed E-state index contributed by atoms with van der Waals surface area (Å²) in [6, 6.07) is 10.6. The van der Waals surface area contributed by atoms with E-state index in [0.29, 0.717) is 10.5 Å². The van der Waals surface area contributed by atoms with Crippen LogP contribution in [0.15, 0.2) is 42.7 Å². The van der Waals surface area contributed by atoms with E-state index in [1.54, 1.807) is 24.5 Å². The van der Waals surface area contributed by atoms with E-state index in [1.807, 2.05) is 29.7 Å².